The number of aryl methyl sites for hydroxylation is 1. The number of halogens is 1. The lowest BCUT2D eigenvalue weighted by atomic mass is 10.1. The molecule has 0 radical (unpaired) electrons. The molecule has 0 unspecified atom stereocenters. The molecule has 1 aromatic heterocycles. The molecule has 2 nitrogen and oxygen atoms in total. The maximum atomic E-state index is 4.58. The van der Waals surface area contributed by atoms with Gasteiger partial charge in [0, 0.05) is 10.0 Å². The minimum absolute atomic E-state index is 1.02. The number of para-hydroxylation sites is 1. The van der Waals surface area contributed by atoms with Gasteiger partial charge in [0.25, 0.3) is 0 Å². The zero-order chi connectivity index (χ0) is 13.2. The molecule has 0 amide bonds. The van der Waals surface area contributed by atoms with Crippen LogP contribution >= 0.6 is 15.9 Å². The summed E-state index contributed by atoms with van der Waals surface area (Å²) in [6.45, 7) is 2.02. The predicted octanol–water partition coefficient (Wildman–Crippen LogP) is 4.61. The van der Waals surface area contributed by atoms with Gasteiger partial charge in [0.05, 0.1) is 17.1 Å². The maximum Gasteiger partial charge on any atom is 0.0743 e. The van der Waals surface area contributed by atoms with Crippen molar-refractivity contribution < 1.29 is 0 Å². The first-order valence-corrected chi connectivity index (χ1v) is 6.91. The van der Waals surface area contributed by atoms with Gasteiger partial charge in [0.15, 0.2) is 0 Å². The molecule has 0 aliphatic heterocycles. The minimum atomic E-state index is 1.02. The van der Waals surface area contributed by atoms with E-state index in [2.05, 4.69) is 51.4 Å². The summed E-state index contributed by atoms with van der Waals surface area (Å²) in [6, 6.07) is 20.6. The van der Waals surface area contributed by atoms with E-state index >= 15 is 0 Å². The summed E-state index contributed by atoms with van der Waals surface area (Å²) in [5.41, 5.74) is 4.36. The average Bonchev–Trinajstić information content (AvgIpc) is 2.83. The molecule has 0 spiro atoms. The second-order valence-electron chi connectivity index (χ2n) is 4.43. The van der Waals surface area contributed by atoms with Crippen molar-refractivity contribution in [2.75, 3.05) is 0 Å². The summed E-state index contributed by atoms with van der Waals surface area (Å²) in [5.74, 6) is 0. The van der Waals surface area contributed by atoms with Gasteiger partial charge in [-0.3, -0.25) is 0 Å². The molecular weight excluding hydrogens is 300 g/mol. The quantitative estimate of drug-likeness (QED) is 0.675. The number of nitrogens with zero attached hydrogens (tertiary/aromatic N) is 2. The third kappa shape index (κ3) is 2.47. The molecule has 0 aliphatic carbocycles. The largest absolute Gasteiger partial charge is 0.233 e. The van der Waals surface area contributed by atoms with Crippen LogP contribution in [0.1, 0.15) is 5.69 Å². The van der Waals surface area contributed by atoms with Gasteiger partial charge in [-0.05, 0) is 37.3 Å². The number of hydrogen-bond donors (Lipinski definition) is 0. The van der Waals surface area contributed by atoms with Crippen LogP contribution in [0, 0.1) is 6.92 Å². The van der Waals surface area contributed by atoms with E-state index in [0.29, 0.717) is 0 Å². The van der Waals surface area contributed by atoms with Gasteiger partial charge >= 0.3 is 0 Å². The highest BCUT2D eigenvalue weighted by atomic mass is 79.9. The van der Waals surface area contributed by atoms with Crippen molar-refractivity contribution >= 4 is 15.9 Å². The Kier molecular flexibility index (Phi) is 3.22. The van der Waals surface area contributed by atoms with Gasteiger partial charge in [0.2, 0.25) is 0 Å². The summed E-state index contributed by atoms with van der Waals surface area (Å²) in [6.07, 6.45) is 0. The molecule has 3 heteroatoms. The molecule has 19 heavy (non-hydrogen) atoms. The molecule has 1 heterocycles. The molecule has 3 aromatic rings. The molecule has 0 saturated carbocycles. The van der Waals surface area contributed by atoms with Gasteiger partial charge in [0.1, 0.15) is 0 Å². The molecule has 0 aliphatic rings. The van der Waals surface area contributed by atoms with Crippen molar-refractivity contribution in [3.05, 3.63) is 70.8 Å². The lowest BCUT2D eigenvalue weighted by molar-refractivity contribution is 0.869. The fraction of sp³-hybridized carbons (Fsp3) is 0.0625. The van der Waals surface area contributed by atoms with Gasteiger partial charge in [-0.15, -0.1) is 0 Å². The summed E-state index contributed by atoms with van der Waals surface area (Å²) >= 11 is 3.46. The molecule has 0 N–H and O–H groups in total. The van der Waals surface area contributed by atoms with Crippen LogP contribution < -0.4 is 0 Å². The number of aromatic nitrogens is 2. The topological polar surface area (TPSA) is 17.8 Å². The Bertz CT molecular complexity index is 685. The molecular formula is C16H13BrN2. The van der Waals surface area contributed by atoms with Gasteiger partial charge in [-0.1, -0.05) is 46.3 Å². The fourth-order valence-corrected chi connectivity index (χ4v) is 2.36. The van der Waals surface area contributed by atoms with Crippen molar-refractivity contribution in [2.24, 2.45) is 0 Å². The van der Waals surface area contributed by atoms with E-state index in [9.17, 15) is 0 Å². The van der Waals surface area contributed by atoms with Crippen LogP contribution in [0.3, 0.4) is 0 Å². The smallest absolute Gasteiger partial charge is 0.0743 e. The average molecular weight is 313 g/mol. The molecule has 0 atom stereocenters. The Labute approximate surface area is 120 Å². The van der Waals surface area contributed by atoms with Crippen molar-refractivity contribution in [3.8, 4) is 16.9 Å². The first-order valence-electron chi connectivity index (χ1n) is 6.12. The number of hydrogen-bond acceptors (Lipinski definition) is 1. The Hall–Kier alpha value is -1.87. The molecule has 3 rings (SSSR count). The van der Waals surface area contributed by atoms with Crippen molar-refractivity contribution in [1.29, 1.82) is 0 Å². The number of benzene rings is 2. The lowest BCUT2D eigenvalue weighted by Crippen LogP contribution is -1.98. The SMILES string of the molecule is Cc1cc(-c2ccc(Br)cc2)n(-c2ccccc2)n1. The molecule has 2 aromatic carbocycles. The summed E-state index contributed by atoms with van der Waals surface area (Å²) in [4.78, 5) is 0. The standard InChI is InChI=1S/C16H13BrN2/c1-12-11-16(13-7-9-14(17)10-8-13)19(18-12)15-5-3-2-4-6-15/h2-11H,1H3. The van der Waals surface area contributed by atoms with E-state index in [-0.39, 0.29) is 0 Å². The van der Waals surface area contributed by atoms with E-state index in [0.717, 1.165) is 27.1 Å². The summed E-state index contributed by atoms with van der Waals surface area (Å²) < 4.78 is 3.07. The van der Waals surface area contributed by atoms with Crippen LogP contribution in [0.25, 0.3) is 16.9 Å². The Morgan fingerprint density at radius 2 is 1.63 bits per heavy atom. The van der Waals surface area contributed by atoms with E-state index in [1.165, 1.54) is 0 Å². The van der Waals surface area contributed by atoms with Gasteiger partial charge in [-0.2, -0.15) is 5.10 Å². The van der Waals surface area contributed by atoms with Crippen molar-refractivity contribution in [1.82, 2.24) is 9.78 Å². The lowest BCUT2D eigenvalue weighted by Gasteiger charge is -2.07. The molecule has 94 valence electrons. The van der Waals surface area contributed by atoms with Crippen LogP contribution in [0.4, 0.5) is 0 Å². The van der Waals surface area contributed by atoms with E-state index in [4.69, 9.17) is 0 Å². The van der Waals surface area contributed by atoms with Crippen LogP contribution in [-0.4, -0.2) is 9.78 Å². The molecule has 0 fully saturated rings. The predicted molar refractivity (Wildman–Crippen MR) is 81.4 cm³/mol. The fourth-order valence-electron chi connectivity index (χ4n) is 2.09. The zero-order valence-electron chi connectivity index (χ0n) is 10.5. The van der Waals surface area contributed by atoms with E-state index in [1.807, 2.05) is 41.9 Å². The Morgan fingerprint density at radius 1 is 0.947 bits per heavy atom. The highest BCUT2D eigenvalue weighted by Gasteiger charge is 2.09. The van der Waals surface area contributed by atoms with Crippen molar-refractivity contribution in [2.45, 2.75) is 6.92 Å². The molecule has 0 saturated heterocycles. The number of rotatable bonds is 2. The summed E-state index contributed by atoms with van der Waals surface area (Å²) in [7, 11) is 0. The van der Waals surface area contributed by atoms with E-state index < -0.39 is 0 Å². The Balaban J connectivity index is 2.15. The highest BCUT2D eigenvalue weighted by Crippen LogP contribution is 2.25. The van der Waals surface area contributed by atoms with Gasteiger partial charge < -0.3 is 0 Å². The monoisotopic (exact) mass is 312 g/mol. The second-order valence-corrected chi connectivity index (χ2v) is 5.34. The van der Waals surface area contributed by atoms with E-state index in [1.54, 1.807) is 0 Å². The Morgan fingerprint density at radius 3 is 2.32 bits per heavy atom. The minimum Gasteiger partial charge on any atom is -0.233 e. The normalized spacial score (nSPS) is 10.6. The van der Waals surface area contributed by atoms with Crippen LogP contribution in [-0.2, 0) is 0 Å². The maximum absolute atomic E-state index is 4.58. The van der Waals surface area contributed by atoms with Crippen LogP contribution in [0.5, 0.6) is 0 Å². The molecule has 0 bridgehead atoms. The van der Waals surface area contributed by atoms with Crippen LogP contribution in [0.2, 0.25) is 0 Å². The third-order valence-corrected chi connectivity index (χ3v) is 3.50. The summed E-state index contributed by atoms with van der Waals surface area (Å²) in [5, 5.41) is 4.58. The third-order valence-electron chi connectivity index (χ3n) is 2.97. The highest BCUT2D eigenvalue weighted by molar-refractivity contribution is 9.10. The van der Waals surface area contributed by atoms with Crippen molar-refractivity contribution in [3.63, 3.8) is 0 Å². The first kappa shape index (κ1) is 12.2. The zero-order valence-corrected chi connectivity index (χ0v) is 12.1. The van der Waals surface area contributed by atoms with Crippen LogP contribution in [0.15, 0.2) is 65.1 Å². The van der Waals surface area contributed by atoms with Gasteiger partial charge in [-0.25, -0.2) is 4.68 Å². The first-order chi connectivity index (χ1) is 9.24. The second kappa shape index (κ2) is 5.02.